The molecule has 1 aromatic carbocycles. The molecular weight excluding hydrogens is 631 g/mol. The lowest BCUT2D eigenvalue weighted by Crippen LogP contribution is -2.55. The average molecular weight is 668 g/mol. The monoisotopic (exact) mass is 667 g/mol. The molecule has 17 heteroatoms. The summed E-state index contributed by atoms with van der Waals surface area (Å²) in [7, 11) is 1.19. The van der Waals surface area contributed by atoms with Gasteiger partial charge < -0.3 is 35.3 Å². The third-order valence-corrected chi connectivity index (χ3v) is 7.19. The zero-order chi connectivity index (χ0) is 34.9. The maximum atomic E-state index is 13.3. The number of ether oxygens (including phenoxy) is 1. The molecule has 5 amide bonds. The van der Waals surface area contributed by atoms with Gasteiger partial charge in [-0.15, -0.1) is 0 Å². The van der Waals surface area contributed by atoms with Crippen LogP contribution in [0.4, 0.5) is 18.9 Å². The van der Waals surface area contributed by atoms with Crippen LogP contribution in [0.3, 0.4) is 0 Å². The van der Waals surface area contributed by atoms with Gasteiger partial charge in [0.15, 0.2) is 0 Å². The highest BCUT2D eigenvalue weighted by molar-refractivity contribution is 5.98. The first-order valence-corrected chi connectivity index (χ1v) is 14.7. The fraction of sp³-hybridized carbons (Fsp3) is 0.500. The van der Waals surface area contributed by atoms with E-state index in [2.05, 4.69) is 26.0 Å². The molecule has 0 spiro atoms. The zero-order valence-corrected chi connectivity index (χ0v) is 26.0. The molecular formula is C30H36F3N5O9. The van der Waals surface area contributed by atoms with Crippen molar-refractivity contribution in [3.8, 4) is 0 Å². The molecule has 1 saturated heterocycles. The quantitative estimate of drug-likeness (QED) is 0.181. The molecule has 256 valence electrons. The van der Waals surface area contributed by atoms with Gasteiger partial charge >= 0.3 is 17.8 Å². The van der Waals surface area contributed by atoms with E-state index in [-0.39, 0.29) is 49.3 Å². The van der Waals surface area contributed by atoms with E-state index < -0.39 is 77.1 Å². The summed E-state index contributed by atoms with van der Waals surface area (Å²) in [4.78, 5) is 87.7. The molecule has 4 N–H and O–H groups in total. The minimum absolute atomic E-state index is 0.0110. The minimum Gasteiger partial charge on any atom is -0.469 e. The Labute approximate surface area is 266 Å². The van der Waals surface area contributed by atoms with Gasteiger partial charge in [0.2, 0.25) is 29.5 Å². The van der Waals surface area contributed by atoms with E-state index in [0.29, 0.717) is 18.9 Å². The Morgan fingerprint density at radius 1 is 1.02 bits per heavy atom. The molecule has 0 radical (unpaired) electrons. The lowest BCUT2D eigenvalue weighted by molar-refractivity contribution is -0.142. The maximum absolute atomic E-state index is 13.3. The van der Waals surface area contributed by atoms with Crippen LogP contribution in [-0.4, -0.2) is 79.2 Å². The van der Waals surface area contributed by atoms with Crippen LogP contribution in [0.25, 0.3) is 11.0 Å². The van der Waals surface area contributed by atoms with Gasteiger partial charge in [-0.2, -0.15) is 13.2 Å². The third-order valence-electron chi connectivity index (χ3n) is 7.19. The summed E-state index contributed by atoms with van der Waals surface area (Å²) in [6, 6.07) is 1.64. The normalized spacial score (nSPS) is 15.2. The number of rotatable bonds is 13. The smallest absolute Gasteiger partial charge is 0.417 e. The number of nitrogens with zero attached hydrogens (tertiary/aromatic N) is 1. The predicted molar refractivity (Wildman–Crippen MR) is 160 cm³/mol. The van der Waals surface area contributed by atoms with Gasteiger partial charge in [0.1, 0.15) is 17.7 Å². The van der Waals surface area contributed by atoms with Crippen LogP contribution in [0.5, 0.6) is 0 Å². The van der Waals surface area contributed by atoms with Crippen LogP contribution in [0.1, 0.15) is 51.5 Å². The summed E-state index contributed by atoms with van der Waals surface area (Å²) in [5, 5.41) is 9.51. The van der Waals surface area contributed by atoms with E-state index in [9.17, 15) is 46.7 Å². The molecule has 14 nitrogen and oxygen atoms in total. The molecule has 0 aliphatic carbocycles. The lowest BCUT2D eigenvalue weighted by atomic mass is 10.0. The van der Waals surface area contributed by atoms with E-state index in [1.807, 2.05) is 13.8 Å². The van der Waals surface area contributed by atoms with Gasteiger partial charge in [-0.1, -0.05) is 13.8 Å². The number of nitrogens with one attached hydrogen (secondary N) is 4. The van der Waals surface area contributed by atoms with Crippen LogP contribution < -0.4 is 26.9 Å². The highest BCUT2D eigenvalue weighted by atomic mass is 19.4. The minimum atomic E-state index is -4.80. The first-order valence-electron chi connectivity index (χ1n) is 14.7. The Morgan fingerprint density at radius 2 is 1.74 bits per heavy atom. The molecule has 0 bridgehead atoms. The fourth-order valence-corrected chi connectivity index (χ4v) is 4.96. The van der Waals surface area contributed by atoms with E-state index >= 15 is 0 Å². The number of methoxy groups -OCH3 is 1. The highest BCUT2D eigenvalue weighted by Gasteiger charge is 2.36. The van der Waals surface area contributed by atoms with Crippen LogP contribution in [0.15, 0.2) is 33.5 Å². The van der Waals surface area contributed by atoms with Gasteiger partial charge in [0.05, 0.1) is 32.2 Å². The molecule has 2 heterocycles. The molecule has 3 rings (SSSR count). The van der Waals surface area contributed by atoms with Gasteiger partial charge in [0, 0.05) is 36.2 Å². The molecule has 2 aromatic rings. The first kappa shape index (κ1) is 36.5. The number of hydrogen-bond donors (Lipinski definition) is 4. The van der Waals surface area contributed by atoms with Crippen molar-refractivity contribution in [3.05, 3.63) is 40.2 Å². The molecule has 1 aliphatic heterocycles. The molecule has 0 saturated carbocycles. The maximum Gasteiger partial charge on any atom is 0.417 e. The summed E-state index contributed by atoms with van der Waals surface area (Å²) in [6.45, 7) is 2.94. The number of carbonyl (C=O) groups is 6. The van der Waals surface area contributed by atoms with Crippen molar-refractivity contribution in [2.24, 2.45) is 5.92 Å². The third kappa shape index (κ3) is 10.5. The molecule has 0 unspecified atom stereocenters. The average Bonchev–Trinajstić information content (AvgIpc) is 3.50. The number of esters is 1. The second-order valence-electron chi connectivity index (χ2n) is 11.2. The van der Waals surface area contributed by atoms with Crippen LogP contribution >= 0.6 is 0 Å². The molecule has 1 aliphatic rings. The van der Waals surface area contributed by atoms with Crippen LogP contribution in [0.2, 0.25) is 0 Å². The Kier molecular flexibility index (Phi) is 12.5. The molecule has 1 fully saturated rings. The topological polar surface area (TPSA) is 193 Å². The summed E-state index contributed by atoms with van der Waals surface area (Å²) < 4.78 is 49.2. The number of likely N-dealkylation sites (tertiary alicyclic amines) is 1. The standard InChI is InChI=1S/C30H36F3N5O9/c1-16(2)11-20(37-29(45)21-5-4-10-38(21)25(41)15-34-23(39)8-9-26(42)46-3)28(44)35-14-24(40)36-17-6-7-18-19(30(31,32)33)13-27(43)47-22(18)12-17/h6-7,12-13,16,20-21H,4-5,8-11,14-15H2,1-3H3,(H,34,39)(H,35,44)(H,36,40)(H,37,45)/t20-,21-/m0/s1. The number of carbonyl (C=O) groups excluding carboxylic acids is 6. The molecule has 2 atom stereocenters. The van der Waals surface area contributed by atoms with Crippen molar-refractivity contribution in [2.45, 2.75) is 64.2 Å². The fourth-order valence-electron chi connectivity index (χ4n) is 4.96. The van der Waals surface area contributed by atoms with Gasteiger partial charge in [-0.05, 0) is 37.3 Å². The van der Waals surface area contributed by atoms with E-state index in [4.69, 9.17) is 4.42 Å². The predicted octanol–water partition coefficient (Wildman–Crippen LogP) is 1.46. The molecule has 47 heavy (non-hydrogen) atoms. The number of fused-ring (bicyclic) bond motifs is 1. The zero-order valence-electron chi connectivity index (χ0n) is 26.0. The van der Waals surface area contributed by atoms with Crippen molar-refractivity contribution >= 4 is 52.2 Å². The second-order valence-corrected chi connectivity index (χ2v) is 11.2. The van der Waals surface area contributed by atoms with E-state index in [1.54, 1.807) is 0 Å². The Balaban J connectivity index is 1.58. The number of benzene rings is 1. The Morgan fingerprint density at radius 3 is 2.40 bits per heavy atom. The van der Waals surface area contributed by atoms with Gasteiger partial charge in [0.25, 0.3) is 0 Å². The number of alkyl halides is 3. The summed E-state index contributed by atoms with van der Waals surface area (Å²) in [5.41, 5.74) is -2.79. The van der Waals surface area contributed by atoms with E-state index in [1.165, 1.54) is 18.1 Å². The largest absolute Gasteiger partial charge is 0.469 e. The number of hydrogen-bond acceptors (Lipinski definition) is 9. The van der Waals surface area contributed by atoms with E-state index in [0.717, 1.165) is 12.1 Å². The number of anilines is 1. The first-order chi connectivity index (χ1) is 22.1. The van der Waals surface area contributed by atoms with Crippen molar-refractivity contribution in [2.75, 3.05) is 32.1 Å². The van der Waals surface area contributed by atoms with Crippen molar-refractivity contribution in [1.29, 1.82) is 0 Å². The number of halogens is 3. The van der Waals surface area contributed by atoms with Crippen molar-refractivity contribution < 1.29 is 51.1 Å². The van der Waals surface area contributed by atoms with Gasteiger partial charge in [-0.25, -0.2) is 4.79 Å². The molecule has 1 aromatic heterocycles. The lowest BCUT2D eigenvalue weighted by Gasteiger charge is -2.27. The highest BCUT2D eigenvalue weighted by Crippen LogP contribution is 2.34. The van der Waals surface area contributed by atoms with Gasteiger partial charge in [-0.3, -0.25) is 28.8 Å². The van der Waals surface area contributed by atoms with Crippen molar-refractivity contribution in [1.82, 2.24) is 20.9 Å². The second kappa shape index (κ2) is 16.0. The SMILES string of the molecule is COC(=O)CCC(=O)NCC(=O)N1CCC[C@H]1C(=O)N[C@@H](CC(C)C)C(=O)NCC(=O)Nc1ccc2c(C(F)(F)F)cc(=O)oc2c1. The summed E-state index contributed by atoms with van der Waals surface area (Å²) in [6.07, 6.45) is -4.10. The summed E-state index contributed by atoms with van der Waals surface area (Å²) >= 11 is 0. The van der Waals surface area contributed by atoms with Crippen LogP contribution in [-0.2, 0) is 39.7 Å². The Hall–Kier alpha value is -4.96. The van der Waals surface area contributed by atoms with Crippen molar-refractivity contribution in [3.63, 3.8) is 0 Å². The number of amides is 5. The summed E-state index contributed by atoms with van der Waals surface area (Å²) in [5.74, 6) is -3.71. The Bertz CT molecular complexity index is 1570. The van der Waals surface area contributed by atoms with Crippen LogP contribution in [0, 0.1) is 5.92 Å².